The Hall–Kier alpha value is -3.00. The SMILES string of the molecule is c1ccc2c3ccc(c2c1)Cc1ccc(c2ccccc12)NCCCCN3. The Kier molecular flexibility index (Phi) is 4.17. The third-order valence-corrected chi connectivity index (χ3v) is 5.64. The van der Waals surface area contributed by atoms with Gasteiger partial charge in [-0.05, 0) is 53.3 Å². The zero-order valence-electron chi connectivity index (χ0n) is 15.5. The molecule has 0 fully saturated rings. The number of hydrogen-bond acceptors (Lipinski definition) is 2. The zero-order valence-corrected chi connectivity index (χ0v) is 15.5. The van der Waals surface area contributed by atoms with E-state index in [1.807, 2.05) is 0 Å². The van der Waals surface area contributed by atoms with Gasteiger partial charge in [-0.3, -0.25) is 0 Å². The van der Waals surface area contributed by atoms with Crippen LogP contribution in [0.4, 0.5) is 11.4 Å². The summed E-state index contributed by atoms with van der Waals surface area (Å²) < 4.78 is 0. The van der Waals surface area contributed by atoms with E-state index in [-0.39, 0.29) is 0 Å². The van der Waals surface area contributed by atoms with Crippen LogP contribution in [0.3, 0.4) is 0 Å². The molecule has 0 unspecified atom stereocenters. The van der Waals surface area contributed by atoms with Gasteiger partial charge in [-0.1, -0.05) is 60.7 Å². The van der Waals surface area contributed by atoms with Crippen LogP contribution in [0.15, 0.2) is 72.8 Å². The maximum Gasteiger partial charge on any atom is 0.0420 e. The van der Waals surface area contributed by atoms with Crippen LogP contribution < -0.4 is 10.6 Å². The Morgan fingerprint density at radius 2 is 0.926 bits per heavy atom. The minimum atomic E-state index is 0.946. The molecule has 2 aliphatic heterocycles. The van der Waals surface area contributed by atoms with Crippen LogP contribution in [-0.2, 0) is 6.42 Å². The lowest BCUT2D eigenvalue weighted by Gasteiger charge is -2.14. The number of benzene rings is 4. The van der Waals surface area contributed by atoms with Gasteiger partial charge in [0.2, 0.25) is 0 Å². The molecule has 0 spiro atoms. The molecule has 0 aromatic heterocycles. The largest absolute Gasteiger partial charge is 0.385 e. The molecule has 2 aliphatic rings. The Bertz CT molecular complexity index is 1020. The van der Waals surface area contributed by atoms with E-state index in [0.29, 0.717) is 0 Å². The quantitative estimate of drug-likeness (QED) is 0.393. The fourth-order valence-corrected chi connectivity index (χ4v) is 4.24. The minimum Gasteiger partial charge on any atom is -0.385 e. The Labute approximate surface area is 160 Å². The van der Waals surface area contributed by atoms with Crippen molar-refractivity contribution in [1.82, 2.24) is 0 Å². The van der Waals surface area contributed by atoms with Crippen molar-refractivity contribution < 1.29 is 0 Å². The number of hydrogen-bond donors (Lipinski definition) is 2. The lowest BCUT2D eigenvalue weighted by atomic mass is 9.94. The normalized spacial score (nSPS) is 14.5. The molecule has 0 aliphatic carbocycles. The molecule has 134 valence electrons. The first-order valence-electron chi connectivity index (χ1n) is 9.89. The number of fused-ring (bicyclic) bond motifs is 7. The van der Waals surface area contributed by atoms with Crippen LogP contribution in [0.1, 0.15) is 24.0 Å². The fourth-order valence-electron chi connectivity index (χ4n) is 4.24. The van der Waals surface area contributed by atoms with Crippen LogP contribution >= 0.6 is 0 Å². The summed E-state index contributed by atoms with van der Waals surface area (Å²) in [5, 5.41) is 12.6. The summed E-state index contributed by atoms with van der Waals surface area (Å²) in [6, 6.07) is 26.7. The highest BCUT2D eigenvalue weighted by Crippen LogP contribution is 2.32. The minimum absolute atomic E-state index is 0.946. The third-order valence-electron chi connectivity index (χ3n) is 5.64. The van der Waals surface area contributed by atoms with E-state index in [9.17, 15) is 0 Å². The van der Waals surface area contributed by atoms with Gasteiger partial charge >= 0.3 is 0 Å². The molecule has 0 amide bonds. The zero-order chi connectivity index (χ0) is 18.1. The summed E-state index contributed by atoms with van der Waals surface area (Å²) >= 11 is 0. The van der Waals surface area contributed by atoms with Crippen molar-refractivity contribution in [2.45, 2.75) is 19.3 Å². The molecule has 2 N–H and O–H groups in total. The maximum absolute atomic E-state index is 3.65. The van der Waals surface area contributed by atoms with E-state index < -0.39 is 0 Å². The van der Waals surface area contributed by atoms with Crippen molar-refractivity contribution in [3.05, 3.63) is 83.9 Å². The molecule has 0 atom stereocenters. The summed E-state index contributed by atoms with van der Waals surface area (Å²) in [6.45, 7) is 2.01. The van der Waals surface area contributed by atoms with E-state index in [1.165, 1.54) is 44.0 Å². The maximum atomic E-state index is 3.65. The first kappa shape index (κ1) is 16.2. The Balaban J connectivity index is 1.72. The van der Waals surface area contributed by atoms with E-state index in [4.69, 9.17) is 0 Å². The first-order chi connectivity index (χ1) is 13.4. The van der Waals surface area contributed by atoms with E-state index >= 15 is 0 Å². The van der Waals surface area contributed by atoms with Crippen molar-refractivity contribution >= 4 is 32.9 Å². The van der Waals surface area contributed by atoms with Gasteiger partial charge in [0, 0.05) is 35.2 Å². The summed E-state index contributed by atoms with van der Waals surface area (Å²) in [5.74, 6) is 0. The van der Waals surface area contributed by atoms with Crippen molar-refractivity contribution in [3.63, 3.8) is 0 Å². The van der Waals surface area contributed by atoms with Gasteiger partial charge in [-0.25, -0.2) is 0 Å². The van der Waals surface area contributed by atoms with Gasteiger partial charge in [-0.2, -0.15) is 0 Å². The van der Waals surface area contributed by atoms with E-state index in [0.717, 1.165) is 32.4 Å². The van der Waals surface area contributed by atoms with Crippen LogP contribution in [0.25, 0.3) is 21.5 Å². The average Bonchev–Trinajstić information content (AvgIpc) is 2.74. The molecule has 0 saturated heterocycles. The topological polar surface area (TPSA) is 24.1 Å². The van der Waals surface area contributed by atoms with E-state index in [2.05, 4.69) is 83.4 Å². The lowest BCUT2D eigenvalue weighted by molar-refractivity contribution is 0.797. The summed E-state index contributed by atoms with van der Waals surface area (Å²) in [5.41, 5.74) is 5.27. The fraction of sp³-hybridized carbons (Fsp3) is 0.200. The first-order valence-corrected chi connectivity index (χ1v) is 9.89. The Morgan fingerprint density at radius 1 is 0.481 bits per heavy atom. The second-order valence-corrected chi connectivity index (χ2v) is 7.37. The summed E-state index contributed by atoms with van der Waals surface area (Å²) in [4.78, 5) is 0. The van der Waals surface area contributed by atoms with Crippen molar-refractivity contribution in [1.29, 1.82) is 0 Å². The van der Waals surface area contributed by atoms with Gasteiger partial charge < -0.3 is 10.6 Å². The highest BCUT2D eigenvalue weighted by molar-refractivity contribution is 5.98. The molecular formula is C25H24N2. The predicted octanol–water partition coefficient (Wildman–Crippen LogP) is 6.20. The molecule has 27 heavy (non-hydrogen) atoms. The van der Waals surface area contributed by atoms with Gasteiger partial charge in [0.15, 0.2) is 0 Å². The number of anilines is 2. The lowest BCUT2D eigenvalue weighted by Crippen LogP contribution is -2.07. The van der Waals surface area contributed by atoms with Crippen LogP contribution in [0.5, 0.6) is 0 Å². The number of nitrogens with one attached hydrogen (secondary N) is 2. The smallest absolute Gasteiger partial charge is 0.0420 e. The van der Waals surface area contributed by atoms with Gasteiger partial charge in [0.1, 0.15) is 0 Å². The van der Waals surface area contributed by atoms with E-state index in [1.54, 1.807) is 0 Å². The highest BCUT2D eigenvalue weighted by Gasteiger charge is 2.11. The highest BCUT2D eigenvalue weighted by atomic mass is 14.9. The number of rotatable bonds is 0. The summed E-state index contributed by atoms with van der Waals surface area (Å²) in [6.07, 6.45) is 3.25. The molecule has 0 radical (unpaired) electrons. The Morgan fingerprint density at radius 3 is 1.41 bits per heavy atom. The van der Waals surface area contributed by atoms with Crippen molar-refractivity contribution in [2.24, 2.45) is 0 Å². The van der Waals surface area contributed by atoms with Crippen LogP contribution in [0, 0.1) is 0 Å². The van der Waals surface area contributed by atoms with Gasteiger partial charge in [0.05, 0.1) is 0 Å². The predicted molar refractivity (Wildman–Crippen MR) is 117 cm³/mol. The van der Waals surface area contributed by atoms with Crippen LogP contribution in [-0.4, -0.2) is 13.1 Å². The molecule has 4 bridgehead atoms. The average molecular weight is 352 g/mol. The summed E-state index contributed by atoms with van der Waals surface area (Å²) in [7, 11) is 0. The molecule has 2 heteroatoms. The molecule has 2 nitrogen and oxygen atoms in total. The molecular weight excluding hydrogens is 328 g/mol. The van der Waals surface area contributed by atoms with Crippen molar-refractivity contribution in [2.75, 3.05) is 23.7 Å². The molecule has 4 aromatic rings. The molecule has 6 rings (SSSR count). The van der Waals surface area contributed by atoms with Gasteiger partial charge in [0.25, 0.3) is 0 Å². The standard InChI is InChI=1S/C25H24N2/c1-3-9-22-20(7-1)18-11-13-24(22)26-15-5-6-16-27-25-14-12-19(17-18)21-8-2-4-10-23(21)25/h1-4,7-14,26-27H,5-6,15-17H2. The van der Waals surface area contributed by atoms with Crippen LogP contribution in [0.2, 0.25) is 0 Å². The molecule has 0 saturated carbocycles. The third kappa shape index (κ3) is 3.02. The molecule has 2 heterocycles. The second kappa shape index (κ2) is 6.96. The molecule has 4 aromatic carbocycles. The monoisotopic (exact) mass is 352 g/mol. The van der Waals surface area contributed by atoms with Crippen molar-refractivity contribution in [3.8, 4) is 0 Å². The second-order valence-electron chi connectivity index (χ2n) is 7.37. The van der Waals surface area contributed by atoms with Gasteiger partial charge in [-0.15, -0.1) is 0 Å².